The van der Waals surface area contributed by atoms with E-state index in [1.54, 1.807) is 45.9 Å². The number of piperazine rings is 1. The average molecular weight is 496 g/mol. The first-order valence-electron chi connectivity index (χ1n) is 11.2. The number of fused-ring (bicyclic) bond motifs is 1. The normalized spacial score (nSPS) is 14.5. The van der Waals surface area contributed by atoms with Crippen LogP contribution in [0.3, 0.4) is 0 Å². The van der Waals surface area contributed by atoms with Crippen molar-refractivity contribution in [3.8, 4) is 0 Å². The molecule has 1 aromatic heterocycles. The molecule has 0 saturated carbocycles. The summed E-state index contributed by atoms with van der Waals surface area (Å²) in [7, 11) is -3.91. The fourth-order valence-corrected chi connectivity index (χ4v) is 5.89. The largest absolute Gasteiger partial charge is 0.368 e. The van der Waals surface area contributed by atoms with Crippen molar-refractivity contribution in [1.29, 1.82) is 0 Å². The van der Waals surface area contributed by atoms with Gasteiger partial charge in [0.15, 0.2) is 0 Å². The van der Waals surface area contributed by atoms with Gasteiger partial charge in [-0.1, -0.05) is 18.2 Å². The van der Waals surface area contributed by atoms with E-state index < -0.39 is 15.7 Å². The molecule has 2 heterocycles. The Balaban J connectivity index is 1.36. The lowest BCUT2D eigenvalue weighted by atomic mass is 10.2. The topological polar surface area (TPSA) is 62.6 Å². The summed E-state index contributed by atoms with van der Waals surface area (Å²) in [5.74, 6) is -0.922. The number of para-hydroxylation sites is 1. The number of carbonyl (C=O) groups is 1. The van der Waals surface area contributed by atoms with Gasteiger partial charge in [-0.05, 0) is 54.6 Å². The van der Waals surface area contributed by atoms with Crippen LogP contribution in [0, 0.1) is 11.6 Å². The van der Waals surface area contributed by atoms with Gasteiger partial charge >= 0.3 is 0 Å². The van der Waals surface area contributed by atoms with Crippen LogP contribution >= 0.6 is 0 Å². The number of hydrogen-bond donors (Lipinski definition) is 0. The highest BCUT2D eigenvalue weighted by atomic mass is 32.2. The Kier molecular flexibility index (Phi) is 6.02. The van der Waals surface area contributed by atoms with Crippen molar-refractivity contribution in [3.05, 3.63) is 90.6 Å². The Labute approximate surface area is 201 Å². The molecule has 180 valence electrons. The number of rotatable bonds is 5. The van der Waals surface area contributed by atoms with E-state index in [9.17, 15) is 22.0 Å². The molecule has 0 spiro atoms. The van der Waals surface area contributed by atoms with Gasteiger partial charge in [-0.15, -0.1) is 0 Å². The fourth-order valence-electron chi connectivity index (χ4n) is 4.41. The molecule has 0 radical (unpaired) electrons. The molecule has 0 aliphatic carbocycles. The SMILES string of the molecule is O=C(Cn1cc(S(=O)(=O)c2ccc(F)cc2)c2ccccc21)N1CCN(c2ccc(F)cc2)CC1. The smallest absolute Gasteiger partial charge is 0.242 e. The highest BCUT2D eigenvalue weighted by molar-refractivity contribution is 7.91. The molecule has 35 heavy (non-hydrogen) atoms. The van der Waals surface area contributed by atoms with Crippen LogP contribution in [0.15, 0.2) is 88.8 Å². The molecular formula is C26H23F2N3O3S. The quantitative estimate of drug-likeness (QED) is 0.391. The van der Waals surface area contributed by atoms with Gasteiger partial charge in [-0.25, -0.2) is 17.2 Å². The Morgan fingerprint density at radius 3 is 2.06 bits per heavy atom. The van der Waals surface area contributed by atoms with Gasteiger partial charge in [0, 0.05) is 49.0 Å². The van der Waals surface area contributed by atoms with Crippen LogP contribution in [-0.4, -0.2) is 50.0 Å². The maximum Gasteiger partial charge on any atom is 0.242 e. The number of halogens is 2. The highest BCUT2D eigenvalue weighted by Crippen LogP contribution is 2.30. The molecule has 1 aliphatic heterocycles. The molecule has 5 rings (SSSR count). The molecule has 0 N–H and O–H groups in total. The summed E-state index contributed by atoms with van der Waals surface area (Å²) in [5, 5.41) is 0.505. The predicted octanol–water partition coefficient (Wildman–Crippen LogP) is 4.10. The Morgan fingerprint density at radius 1 is 0.800 bits per heavy atom. The molecule has 6 nitrogen and oxygen atoms in total. The highest BCUT2D eigenvalue weighted by Gasteiger charge is 2.26. The molecule has 0 atom stereocenters. The second-order valence-electron chi connectivity index (χ2n) is 8.44. The van der Waals surface area contributed by atoms with Crippen LogP contribution in [0.1, 0.15) is 0 Å². The van der Waals surface area contributed by atoms with Gasteiger partial charge in [-0.3, -0.25) is 4.79 Å². The third-order valence-electron chi connectivity index (χ3n) is 6.30. The summed E-state index contributed by atoms with van der Waals surface area (Å²) in [4.78, 5) is 17.0. The zero-order valence-corrected chi connectivity index (χ0v) is 19.6. The zero-order valence-electron chi connectivity index (χ0n) is 18.8. The minimum atomic E-state index is -3.91. The van der Waals surface area contributed by atoms with E-state index in [4.69, 9.17) is 0 Å². The molecule has 4 aromatic rings. The van der Waals surface area contributed by atoms with E-state index in [0.717, 1.165) is 17.8 Å². The Hall–Kier alpha value is -3.72. The number of anilines is 1. The van der Waals surface area contributed by atoms with E-state index in [-0.39, 0.29) is 28.1 Å². The number of sulfone groups is 1. The summed E-state index contributed by atoms with van der Waals surface area (Å²) >= 11 is 0. The molecule has 1 aliphatic rings. The molecular weight excluding hydrogens is 472 g/mol. The first-order valence-corrected chi connectivity index (χ1v) is 12.7. The lowest BCUT2D eigenvalue weighted by molar-refractivity contribution is -0.132. The third-order valence-corrected chi connectivity index (χ3v) is 8.09. The molecule has 3 aromatic carbocycles. The number of carbonyl (C=O) groups excluding carboxylic acids is 1. The van der Waals surface area contributed by atoms with Crippen molar-refractivity contribution in [3.63, 3.8) is 0 Å². The van der Waals surface area contributed by atoms with E-state index in [0.29, 0.717) is 37.1 Å². The van der Waals surface area contributed by atoms with Crippen molar-refractivity contribution < 1.29 is 22.0 Å². The summed E-state index contributed by atoms with van der Waals surface area (Å²) in [6.07, 6.45) is 1.48. The van der Waals surface area contributed by atoms with Crippen molar-refractivity contribution in [1.82, 2.24) is 9.47 Å². The van der Waals surface area contributed by atoms with Crippen LogP contribution in [0.25, 0.3) is 10.9 Å². The maximum absolute atomic E-state index is 13.3. The van der Waals surface area contributed by atoms with E-state index in [2.05, 4.69) is 4.90 Å². The lowest BCUT2D eigenvalue weighted by Gasteiger charge is -2.36. The molecule has 9 heteroatoms. The van der Waals surface area contributed by atoms with Gasteiger partial charge in [0.25, 0.3) is 0 Å². The average Bonchev–Trinajstić information content (AvgIpc) is 3.24. The Morgan fingerprint density at radius 2 is 1.40 bits per heavy atom. The van der Waals surface area contributed by atoms with Crippen molar-refractivity contribution in [2.24, 2.45) is 0 Å². The number of aromatic nitrogens is 1. The number of nitrogens with zero attached hydrogens (tertiary/aromatic N) is 3. The van der Waals surface area contributed by atoms with Crippen LogP contribution in [0.2, 0.25) is 0 Å². The summed E-state index contributed by atoms with van der Waals surface area (Å²) in [6.45, 7) is 2.25. The van der Waals surface area contributed by atoms with Gasteiger partial charge in [-0.2, -0.15) is 0 Å². The molecule has 1 fully saturated rings. The van der Waals surface area contributed by atoms with Crippen molar-refractivity contribution in [2.75, 3.05) is 31.1 Å². The molecule has 1 saturated heterocycles. The molecule has 0 unspecified atom stereocenters. The van der Waals surface area contributed by atoms with E-state index >= 15 is 0 Å². The van der Waals surface area contributed by atoms with Gasteiger partial charge < -0.3 is 14.4 Å². The minimum Gasteiger partial charge on any atom is -0.368 e. The fraction of sp³-hybridized carbons (Fsp3) is 0.192. The van der Waals surface area contributed by atoms with Crippen molar-refractivity contribution >= 4 is 32.3 Å². The van der Waals surface area contributed by atoms with Crippen LogP contribution in [-0.2, 0) is 21.2 Å². The van der Waals surface area contributed by atoms with Crippen LogP contribution < -0.4 is 4.90 Å². The van der Waals surface area contributed by atoms with E-state index in [1.807, 2.05) is 0 Å². The van der Waals surface area contributed by atoms with E-state index in [1.165, 1.54) is 30.5 Å². The minimum absolute atomic E-state index is 0.00397. The summed E-state index contributed by atoms with van der Waals surface area (Å²) in [6, 6.07) is 18.0. The number of hydrogen-bond acceptors (Lipinski definition) is 4. The van der Waals surface area contributed by atoms with Gasteiger partial charge in [0.05, 0.1) is 9.79 Å². The van der Waals surface area contributed by atoms with Crippen LogP contribution in [0.4, 0.5) is 14.5 Å². The summed E-state index contributed by atoms with van der Waals surface area (Å²) in [5.41, 5.74) is 1.54. The Bertz CT molecular complexity index is 1470. The molecule has 0 bridgehead atoms. The maximum atomic E-state index is 13.3. The first kappa shape index (κ1) is 23.0. The summed E-state index contributed by atoms with van der Waals surface area (Å²) < 4.78 is 54.8. The first-order chi connectivity index (χ1) is 16.8. The second-order valence-corrected chi connectivity index (χ2v) is 10.4. The van der Waals surface area contributed by atoms with Crippen molar-refractivity contribution in [2.45, 2.75) is 16.3 Å². The number of benzene rings is 3. The lowest BCUT2D eigenvalue weighted by Crippen LogP contribution is -2.49. The second kappa shape index (κ2) is 9.14. The zero-order chi connectivity index (χ0) is 24.6. The van der Waals surface area contributed by atoms with Crippen LogP contribution in [0.5, 0.6) is 0 Å². The standard InChI is InChI=1S/C26H23F2N3O3S/c27-19-5-9-21(10-6-19)29-13-15-30(16-14-29)26(32)18-31-17-25(23-3-1-2-4-24(23)31)35(33,34)22-11-7-20(28)8-12-22/h1-12,17H,13-16,18H2. The third kappa shape index (κ3) is 4.51. The van der Waals surface area contributed by atoms with Gasteiger partial charge in [0.1, 0.15) is 18.2 Å². The monoisotopic (exact) mass is 495 g/mol. The van der Waals surface area contributed by atoms with Gasteiger partial charge in [0.2, 0.25) is 15.7 Å². The predicted molar refractivity (Wildman–Crippen MR) is 129 cm³/mol. The number of amides is 1. The molecule has 1 amide bonds.